The average molecular weight is 347 g/mol. The van der Waals surface area contributed by atoms with E-state index in [1.165, 1.54) is 12.1 Å². The van der Waals surface area contributed by atoms with Crippen LogP contribution in [0, 0.1) is 10.1 Å². The molecule has 1 amide bonds. The van der Waals surface area contributed by atoms with Crippen molar-refractivity contribution in [3.8, 4) is 0 Å². The van der Waals surface area contributed by atoms with E-state index in [1.807, 2.05) is 0 Å². The Morgan fingerprint density at radius 2 is 1.71 bits per heavy atom. The molecule has 0 saturated carbocycles. The molecule has 0 aliphatic carbocycles. The van der Waals surface area contributed by atoms with Gasteiger partial charge in [-0.3, -0.25) is 19.1 Å². The number of rotatable bonds is 7. The smallest absolute Gasteiger partial charge is 0.269 e. The number of benzene rings is 2. The van der Waals surface area contributed by atoms with Gasteiger partial charge in [-0.25, -0.2) is 0 Å². The van der Waals surface area contributed by atoms with Crippen LogP contribution in [0.15, 0.2) is 53.4 Å². The molecule has 0 heterocycles. The molecule has 2 N–H and O–H groups in total. The molecule has 0 spiro atoms. The van der Waals surface area contributed by atoms with E-state index in [0.29, 0.717) is 23.5 Å². The third-order valence-electron chi connectivity index (χ3n) is 3.27. The summed E-state index contributed by atoms with van der Waals surface area (Å²) in [6, 6.07) is 12.7. The Bertz CT molecular complexity index is 745. The van der Waals surface area contributed by atoms with Crippen LogP contribution in [0.5, 0.6) is 0 Å². The Kier molecular flexibility index (Phi) is 6.02. The number of anilines is 1. The van der Waals surface area contributed by atoms with Crippen molar-refractivity contribution >= 4 is 28.1 Å². The fraction of sp³-hybridized carbons (Fsp3) is 0.188. The molecule has 0 saturated heterocycles. The van der Waals surface area contributed by atoms with Gasteiger partial charge in [-0.2, -0.15) is 0 Å². The number of nitro groups is 1. The monoisotopic (exact) mass is 347 g/mol. The second-order valence-corrected chi connectivity index (χ2v) is 6.34. The summed E-state index contributed by atoms with van der Waals surface area (Å²) in [4.78, 5) is 22.7. The average Bonchev–Trinajstić information content (AvgIpc) is 2.59. The maximum absolute atomic E-state index is 12.0. The third kappa shape index (κ3) is 4.88. The van der Waals surface area contributed by atoms with E-state index in [1.54, 1.807) is 42.7 Å². The van der Waals surface area contributed by atoms with Crippen molar-refractivity contribution < 1.29 is 13.9 Å². The first-order chi connectivity index (χ1) is 11.5. The number of nitro benzene ring substituents is 1. The van der Waals surface area contributed by atoms with Crippen molar-refractivity contribution in [1.29, 1.82) is 0 Å². The van der Waals surface area contributed by atoms with E-state index in [2.05, 4.69) is 10.6 Å². The lowest BCUT2D eigenvalue weighted by molar-refractivity contribution is -0.384. The Labute approximate surface area is 141 Å². The summed E-state index contributed by atoms with van der Waals surface area (Å²) >= 11 is 0. The van der Waals surface area contributed by atoms with Crippen LogP contribution in [0.3, 0.4) is 0 Å². The number of amides is 1. The van der Waals surface area contributed by atoms with E-state index in [4.69, 9.17) is 0 Å². The summed E-state index contributed by atoms with van der Waals surface area (Å²) < 4.78 is 11.3. The highest BCUT2D eigenvalue weighted by atomic mass is 32.2. The van der Waals surface area contributed by atoms with Gasteiger partial charge in [-0.05, 0) is 36.4 Å². The zero-order chi connectivity index (χ0) is 17.5. The molecular weight excluding hydrogens is 330 g/mol. The Balaban J connectivity index is 1.78. The molecule has 0 fully saturated rings. The predicted octanol–water partition coefficient (Wildman–Crippen LogP) is 2.17. The molecule has 2 aromatic carbocycles. The van der Waals surface area contributed by atoms with Crippen LogP contribution in [0.4, 0.5) is 11.4 Å². The van der Waals surface area contributed by atoms with Gasteiger partial charge in [0.2, 0.25) is 0 Å². The highest BCUT2D eigenvalue weighted by Gasteiger charge is 2.06. The summed E-state index contributed by atoms with van der Waals surface area (Å²) in [5.74, 6) is -0.214. The molecule has 0 bridgehead atoms. The number of nitrogens with one attached hydrogen (secondary N) is 2. The van der Waals surface area contributed by atoms with Crippen molar-refractivity contribution in [2.45, 2.75) is 4.90 Å². The Morgan fingerprint density at radius 1 is 1.08 bits per heavy atom. The second kappa shape index (κ2) is 8.21. The third-order valence-corrected chi connectivity index (χ3v) is 4.20. The molecule has 126 valence electrons. The van der Waals surface area contributed by atoms with E-state index < -0.39 is 15.7 Å². The number of carbonyl (C=O) groups is 1. The van der Waals surface area contributed by atoms with Gasteiger partial charge in [0.25, 0.3) is 11.6 Å². The Hall–Kier alpha value is -2.74. The van der Waals surface area contributed by atoms with E-state index in [9.17, 15) is 19.1 Å². The van der Waals surface area contributed by atoms with Gasteiger partial charge in [-0.1, -0.05) is 0 Å². The minimum atomic E-state index is -1.07. The maximum atomic E-state index is 12.0. The van der Waals surface area contributed by atoms with Crippen molar-refractivity contribution in [3.05, 3.63) is 64.2 Å². The summed E-state index contributed by atoms with van der Waals surface area (Å²) in [5.41, 5.74) is 1.27. The summed E-state index contributed by atoms with van der Waals surface area (Å²) in [7, 11) is -1.07. The van der Waals surface area contributed by atoms with Gasteiger partial charge in [0.1, 0.15) is 0 Å². The van der Waals surface area contributed by atoms with Gasteiger partial charge < -0.3 is 10.6 Å². The molecule has 2 aromatic rings. The summed E-state index contributed by atoms with van der Waals surface area (Å²) in [6.07, 6.45) is 1.58. The standard InChI is InChI=1S/C16H17N3O4S/c1-24(23)15-8-2-12(3-9-15)16(20)18-11-10-17-13-4-6-14(7-5-13)19(21)22/h2-9,17H,10-11H2,1H3,(H,18,20). The lowest BCUT2D eigenvalue weighted by Gasteiger charge is -2.08. The first-order valence-electron chi connectivity index (χ1n) is 7.17. The summed E-state index contributed by atoms with van der Waals surface area (Å²) in [5, 5.41) is 16.4. The zero-order valence-corrected chi connectivity index (χ0v) is 13.8. The maximum Gasteiger partial charge on any atom is 0.269 e. The van der Waals surface area contributed by atoms with Gasteiger partial charge in [0.15, 0.2) is 0 Å². The van der Waals surface area contributed by atoms with Crippen molar-refractivity contribution in [1.82, 2.24) is 5.32 Å². The van der Waals surface area contributed by atoms with Crippen LogP contribution >= 0.6 is 0 Å². The highest BCUT2D eigenvalue weighted by molar-refractivity contribution is 7.84. The molecule has 0 radical (unpaired) electrons. The fourth-order valence-electron chi connectivity index (χ4n) is 1.98. The molecule has 8 heteroatoms. The van der Waals surface area contributed by atoms with Crippen LogP contribution in [0.2, 0.25) is 0 Å². The number of carbonyl (C=O) groups excluding carboxylic acids is 1. The van der Waals surface area contributed by atoms with Crippen LogP contribution in [-0.4, -0.2) is 34.4 Å². The number of hydrogen-bond donors (Lipinski definition) is 2. The largest absolute Gasteiger partial charge is 0.383 e. The van der Waals surface area contributed by atoms with E-state index in [-0.39, 0.29) is 11.6 Å². The van der Waals surface area contributed by atoms with Crippen LogP contribution in [0.25, 0.3) is 0 Å². The topological polar surface area (TPSA) is 101 Å². The SMILES string of the molecule is CS(=O)c1ccc(C(=O)NCCNc2ccc([N+](=O)[O-])cc2)cc1. The first-order valence-corrected chi connectivity index (χ1v) is 8.73. The quantitative estimate of drug-likeness (QED) is 0.454. The molecule has 0 aromatic heterocycles. The minimum Gasteiger partial charge on any atom is -0.383 e. The van der Waals surface area contributed by atoms with E-state index >= 15 is 0 Å². The molecule has 2 rings (SSSR count). The van der Waals surface area contributed by atoms with Gasteiger partial charge >= 0.3 is 0 Å². The first kappa shape index (κ1) is 17.6. The predicted molar refractivity (Wildman–Crippen MR) is 92.7 cm³/mol. The van der Waals surface area contributed by atoms with Crippen molar-refractivity contribution in [2.24, 2.45) is 0 Å². The molecule has 0 aliphatic heterocycles. The molecule has 1 atom stereocenters. The highest BCUT2D eigenvalue weighted by Crippen LogP contribution is 2.14. The minimum absolute atomic E-state index is 0.0327. The van der Waals surface area contributed by atoms with Crippen molar-refractivity contribution in [3.63, 3.8) is 0 Å². The molecule has 0 aliphatic rings. The van der Waals surface area contributed by atoms with Gasteiger partial charge in [0.05, 0.1) is 4.92 Å². The molecule has 7 nitrogen and oxygen atoms in total. The normalized spacial score (nSPS) is 11.5. The van der Waals surface area contributed by atoms with Crippen LogP contribution in [0.1, 0.15) is 10.4 Å². The summed E-state index contributed by atoms with van der Waals surface area (Å²) in [6.45, 7) is 0.887. The fourth-order valence-corrected chi connectivity index (χ4v) is 2.50. The van der Waals surface area contributed by atoms with Crippen LogP contribution < -0.4 is 10.6 Å². The van der Waals surface area contributed by atoms with Crippen LogP contribution in [-0.2, 0) is 10.8 Å². The van der Waals surface area contributed by atoms with Crippen molar-refractivity contribution in [2.75, 3.05) is 24.7 Å². The molecule has 24 heavy (non-hydrogen) atoms. The zero-order valence-electron chi connectivity index (χ0n) is 13.0. The Morgan fingerprint density at radius 3 is 2.25 bits per heavy atom. The second-order valence-electron chi connectivity index (χ2n) is 4.97. The number of nitrogens with zero attached hydrogens (tertiary/aromatic N) is 1. The van der Waals surface area contributed by atoms with Gasteiger partial charge in [-0.15, -0.1) is 0 Å². The molecular formula is C16H17N3O4S. The number of hydrogen-bond acceptors (Lipinski definition) is 5. The van der Waals surface area contributed by atoms with Gasteiger partial charge in [0, 0.05) is 58.4 Å². The molecule has 1 unspecified atom stereocenters. The number of non-ortho nitro benzene ring substituents is 1. The lowest BCUT2D eigenvalue weighted by atomic mass is 10.2. The lowest BCUT2D eigenvalue weighted by Crippen LogP contribution is -2.28. The van der Waals surface area contributed by atoms with E-state index in [0.717, 1.165) is 5.69 Å².